The van der Waals surface area contributed by atoms with E-state index < -0.39 is 5.56 Å². The van der Waals surface area contributed by atoms with Crippen LogP contribution >= 0.6 is 11.5 Å². The SMILES string of the molecule is O=c1c2ccccc2sn1F. The lowest BCUT2D eigenvalue weighted by Gasteiger charge is -1.79. The van der Waals surface area contributed by atoms with Gasteiger partial charge in [-0.15, -0.1) is 0 Å². The molecule has 0 N–H and O–H groups in total. The van der Waals surface area contributed by atoms with Crippen molar-refractivity contribution in [2.75, 3.05) is 0 Å². The summed E-state index contributed by atoms with van der Waals surface area (Å²) in [6.45, 7) is 0. The molecule has 0 aliphatic carbocycles. The predicted octanol–water partition coefficient (Wildman–Crippen LogP) is 1.80. The van der Waals surface area contributed by atoms with Crippen LogP contribution in [0.25, 0.3) is 10.1 Å². The summed E-state index contributed by atoms with van der Waals surface area (Å²) in [6, 6.07) is 6.83. The highest BCUT2D eigenvalue weighted by Crippen LogP contribution is 2.14. The molecule has 11 heavy (non-hydrogen) atoms. The van der Waals surface area contributed by atoms with Gasteiger partial charge in [0.05, 0.1) is 10.1 Å². The van der Waals surface area contributed by atoms with E-state index in [-0.39, 0.29) is 4.18 Å². The molecule has 0 saturated carbocycles. The molecular weight excluding hydrogens is 165 g/mol. The number of rotatable bonds is 0. The fraction of sp³-hybridized carbons (Fsp3) is 0. The van der Waals surface area contributed by atoms with E-state index in [2.05, 4.69) is 0 Å². The van der Waals surface area contributed by atoms with Gasteiger partial charge in [-0.1, -0.05) is 20.8 Å². The van der Waals surface area contributed by atoms with Gasteiger partial charge >= 0.3 is 0 Å². The van der Waals surface area contributed by atoms with Crippen LogP contribution in [0, 0.1) is 0 Å². The summed E-state index contributed by atoms with van der Waals surface area (Å²) in [6.07, 6.45) is 0. The molecule has 0 aliphatic heterocycles. The van der Waals surface area contributed by atoms with Gasteiger partial charge in [0.15, 0.2) is 0 Å². The molecule has 2 nitrogen and oxygen atoms in total. The van der Waals surface area contributed by atoms with Crippen molar-refractivity contribution in [1.29, 1.82) is 0 Å². The Bertz CT molecular complexity index is 445. The number of hydrogen-bond acceptors (Lipinski definition) is 2. The largest absolute Gasteiger partial charge is 0.297 e. The molecule has 1 heterocycles. The Kier molecular flexibility index (Phi) is 1.29. The van der Waals surface area contributed by atoms with Gasteiger partial charge < -0.3 is 0 Å². The molecule has 0 aliphatic rings. The maximum Gasteiger partial charge on any atom is 0.297 e. The van der Waals surface area contributed by atoms with E-state index >= 15 is 0 Å². The smallest absolute Gasteiger partial charge is 0.265 e. The summed E-state index contributed by atoms with van der Waals surface area (Å²) in [4.78, 5) is 10.9. The van der Waals surface area contributed by atoms with Crippen molar-refractivity contribution in [3.63, 3.8) is 0 Å². The molecule has 2 aromatic rings. The minimum atomic E-state index is -0.564. The minimum absolute atomic E-state index is 0.144. The monoisotopic (exact) mass is 169 g/mol. The molecule has 1 aromatic carbocycles. The van der Waals surface area contributed by atoms with Crippen molar-refractivity contribution >= 4 is 21.6 Å². The molecule has 0 atom stereocenters. The molecule has 0 saturated heterocycles. The third kappa shape index (κ3) is 0.867. The van der Waals surface area contributed by atoms with Crippen molar-refractivity contribution in [3.8, 4) is 0 Å². The Morgan fingerprint density at radius 3 is 2.82 bits per heavy atom. The fourth-order valence-corrected chi connectivity index (χ4v) is 1.69. The zero-order valence-electron chi connectivity index (χ0n) is 5.45. The first-order valence-electron chi connectivity index (χ1n) is 3.06. The van der Waals surface area contributed by atoms with Gasteiger partial charge in [-0.3, -0.25) is 4.79 Å². The van der Waals surface area contributed by atoms with Crippen LogP contribution < -0.4 is 5.56 Å². The number of aromatic nitrogens is 1. The third-order valence-electron chi connectivity index (χ3n) is 1.46. The first-order chi connectivity index (χ1) is 5.29. The number of hydrogen-bond donors (Lipinski definition) is 0. The summed E-state index contributed by atoms with van der Waals surface area (Å²) in [5.41, 5.74) is -0.564. The number of nitrogens with zero attached hydrogens (tertiary/aromatic N) is 1. The van der Waals surface area contributed by atoms with Gasteiger partial charge in [0.2, 0.25) is 0 Å². The third-order valence-corrected chi connectivity index (χ3v) is 2.33. The van der Waals surface area contributed by atoms with Crippen LogP contribution in [0.15, 0.2) is 29.1 Å². The van der Waals surface area contributed by atoms with Crippen LogP contribution in [0.1, 0.15) is 0 Å². The van der Waals surface area contributed by atoms with E-state index in [0.29, 0.717) is 10.1 Å². The van der Waals surface area contributed by atoms with Crippen molar-refractivity contribution in [3.05, 3.63) is 34.6 Å². The Hall–Kier alpha value is -1.16. The zero-order valence-corrected chi connectivity index (χ0v) is 6.27. The molecule has 56 valence electrons. The van der Waals surface area contributed by atoms with Gasteiger partial charge in [-0.2, -0.15) is 0 Å². The molecule has 0 bridgehead atoms. The second-order valence-electron chi connectivity index (χ2n) is 2.14. The summed E-state index contributed by atoms with van der Waals surface area (Å²) in [5.74, 6) is 0. The highest BCUT2D eigenvalue weighted by molar-refractivity contribution is 7.13. The second kappa shape index (κ2) is 2.17. The Morgan fingerprint density at radius 1 is 1.36 bits per heavy atom. The molecule has 4 heteroatoms. The van der Waals surface area contributed by atoms with E-state index in [0.717, 1.165) is 11.5 Å². The quantitative estimate of drug-likeness (QED) is 0.589. The average molecular weight is 169 g/mol. The van der Waals surface area contributed by atoms with Gasteiger partial charge in [-0.25, -0.2) is 0 Å². The van der Waals surface area contributed by atoms with E-state index in [1.54, 1.807) is 24.3 Å². The first kappa shape index (κ1) is 6.54. The van der Waals surface area contributed by atoms with Crippen molar-refractivity contribution in [2.24, 2.45) is 0 Å². The Morgan fingerprint density at radius 2 is 2.09 bits per heavy atom. The normalized spacial score (nSPS) is 10.6. The minimum Gasteiger partial charge on any atom is -0.265 e. The second-order valence-corrected chi connectivity index (χ2v) is 3.08. The summed E-state index contributed by atoms with van der Waals surface area (Å²) >= 11 is 0.816. The average Bonchev–Trinajstić information content (AvgIpc) is 2.30. The van der Waals surface area contributed by atoms with Crippen molar-refractivity contribution in [2.45, 2.75) is 0 Å². The van der Waals surface area contributed by atoms with Crippen molar-refractivity contribution in [1.82, 2.24) is 4.18 Å². The predicted molar refractivity (Wildman–Crippen MR) is 42.6 cm³/mol. The number of halogens is 1. The topological polar surface area (TPSA) is 22.0 Å². The highest BCUT2D eigenvalue weighted by atomic mass is 32.1. The van der Waals surface area contributed by atoms with Gasteiger partial charge in [0.25, 0.3) is 5.56 Å². The van der Waals surface area contributed by atoms with E-state index in [9.17, 15) is 9.28 Å². The van der Waals surface area contributed by atoms with Gasteiger partial charge in [0, 0.05) is 0 Å². The maximum atomic E-state index is 12.6. The molecule has 0 unspecified atom stereocenters. The summed E-state index contributed by atoms with van der Waals surface area (Å²) in [5, 5.41) is 0.444. The Balaban J connectivity index is 3.04. The highest BCUT2D eigenvalue weighted by Gasteiger charge is 2.03. The molecule has 2 rings (SSSR count). The van der Waals surface area contributed by atoms with Crippen LogP contribution in [0.2, 0.25) is 0 Å². The zero-order chi connectivity index (χ0) is 7.84. The summed E-state index contributed by atoms with van der Waals surface area (Å²) in [7, 11) is 0. The molecule has 0 radical (unpaired) electrons. The molecule has 0 fully saturated rings. The van der Waals surface area contributed by atoms with Gasteiger partial charge in [0.1, 0.15) is 0 Å². The standard InChI is InChI=1S/C7H4FNOS/c8-9-7(10)5-3-1-2-4-6(5)11-9/h1-4H. The number of benzene rings is 1. The Labute approximate surface area is 65.6 Å². The van der Waals surface area contributed by atoms with E-state index in [1.165, 1.54) is 0 Å². The number of fused-ring (bicyclic) bond motifs is 1. The lowest BCUT2D eigenvalue weighted by Crippen LogP contribution is -2.03. The molecule has 1 aromatic heterocycles. The van der Waals surface area contributed by atoms with E-state index in [1.807, 2.05) is 0 Å². The van der Waals surface area contributed by atoms with Gasteiger partial charge in [-0.05, 0) is 23.7 Å². The summed E-state index contributed by atoms with van der Waals surface area (Å²) < 4.78 is 13.4. The van der Waals surface area contributed by atoms with Crippen LogP contribution in [0.3, 0.4) is 0 Å². The van der Waals surface area contributed by atoms with Crippen molar-refractivity contribution < 1.29 is 4.48 Å². The van der Waals surface area contributed by atoms with Crippen LogP contribution in [0.5, 0.6) is 0 Å². The maximum absolute atomic E-state index is 12.6. The molecule has 0 amide bonds. The molecular formula is C7H4FNOS. The van der Waals surface area contributed by atoms with Crippen LogP contribution in [-0.4, -0.2) is 4.18 Å². The van der Waals surface area contributed by atoms with Crippen LogP contribution in [0.4, 0.5) is 4.48 Å². The lowest BCUT2D eigenvalue weighted by molar-refractivity contribution is 0.401. The lowest BCUT2D eigenvalue weighted by atomic mass is 10.3. The van der Waals surface area contributed by atoms with Crippen LogP contribution in [-0.2, 0) is 0 Å². The van der Waals surface area contributed by atoms with E-state index in [4.69, 9.17) is 0 Å². The fourth-order valence-electron chi connectivity index (χ4n) is 0.945. The first-order valence-corrected chi connectivity index (χ1v) is 3.83. The molecule has 0 spiro atoms.